The topological polar surface area (TPSA) is 84.9 Å². The van der Waals surface area contributed by atoms with Gasteiger partial charge in [0.25, 0.3) is 0 Å². The zero-order valence-corrected chi connectivity index (χ0v) is 22.4. The lowest BCUT2D eigenvalue weighted by Gasteiger charge is -2.28. The molecule has 1 N–H and O–H groups in total. The molecule has 0 fully saturated rings. The smallest absolute Gasteiger partial charge is 0.416 e. The molecule has 3 aromatic carbocycles. The molecule has 204 valence electrons. The number of carbonyl (C=O) groups excluding carboxylic acids is 1. The molecule has 0 bridgehead atoms. The van der Waals surface area contributed by atoms with Crippen molar-refractivity contribution in [3.63, 3.8) is 0 Å². The highest BCUT2D eigenvalue weighted by atomic mass is 32.2. The molecule has 0 aliphatic rings. The number of nitrogens with one attached hydrogen (secondary N) is 1. The minimum Gasteiger partial charge on any atom is -0.493 e. The number of rotatable bonds is 8. The van der Waals surface area contributed by atoms with Crippen molar-refractivity contribution in [3.05, 3.63) is 82.9 Å². The lowest BCUT2D eigenvalue weighted by atomic mass is 10.1. The summed E-state index contributed by atoms with van der Waals surface area (Å²) in [5.74, 6) is -0.166. The molecule has 3 rings (SSSR count). The molecule has 3 aromatic rings. The van der Waals surface area contributed by atoms with E-state index in [4.69, 9.17) is 8.92 Å². The Hall–Kier alpha value is -3.73. The summed E-state index contributed by atoms with van der Waals surface area (Å²) >= 11 is 0. The second kappa shape index (κ2) is 11.3. The van der Waals surface area contributed by atoms with Gasteiger partial charge in [0.1, 0.15) is 4.90 Å². The molecule has 0 aliphatic carbocycles. The molecule has 0 radical (unpaired) electrons. The maximum absolute atomic E-state index is 13.1. The van der Waals surface area contributed by atoms with Crippen LogP contribution in [0.1, 0.15) is 36.1 Å². The summed E-state index contributed by atoms with van der Waals surface area (Å²) in [6, 6.07) is 12.8. The molecule has 0 saturated heterocycles. The molecule has 0 spiro atoms. The maximum atomic E-state index is 13.1. The molecule has 2 amide bonds. The molecule has 38 heavy (non-hydrogen) atoms. The van der Waals surface area contributed by atoms with Crippen molar-refractivity contribution in [1.82, 2.24) is 4.90 Å². The first kappa shape index (κ1) is 28.8. The van der Waals surface area contributed by atoms with Crippen LogP contribution in [0.2, 0.25) is 0 Å². The van der Waals surface area contributed by atoms with Crippen molar-refractivity contribution in [1.29, 1.82) is 0 Å². The van der Waals surface area contributed by atoms with Gasteiger partial charge in [-0.05, 0) is 75.2 Å². The predicted molar refractivity (Wildman–Crippen MR) is 138 cm³/mol. The summed E-state index contributed by atoms with van der Waals surface area (Å²) in [7, 11) is -3.33. The van der Waals surface area contributed by atoms with Crippen LogP contribution in [0.25, 0.3) is 0 Å². The average molecular weight is 551 g/mol. The van der Waals surface area contributed by atoms with Gasteiger partial charge in [0.15, 0.2) is 11.5 Å². The summed E-state index contributed by atoms with van der Waals surface area (Å²) in [6.07, 6.45) is -4.72. The summed E-state index contributed by atoms with van der Waals surface area (Å²) in [5, 5.41) is 2.90. The molecule has 0 aliphatic heterocycles. The van der Waals surface area contributed by atoms with E-state index in [0.29, 0.717) is 17.3 Å². The molecule has 0 atom stereocenters. The van der Waals surface area contributed by atoms with Crippen LogP contribution in [-0.4, -0.2) is 32.5 Å². The van der Waals surface area contributed by atoms with Gasteiger partial charge >= 0.3 is 22.3 Å². The summed E-state index contributed by atoms with van der Waals surface area (Å²) in [6.45, 7) is 7.61. The number of amides is 2. The number of methoxy groups -OCH3 is 1. The Kier molecular flexibility index (Phi) is 8.61. The van der Waals surface area contributed by atoms with Crippen molar-refractivity contribution in [2.45, 2.75) is 51.4 Å². The van der Waals surface area contributed by atoms with Gasteiger partial charge in [-0.2, -0.15) is 21.6 Å². The quantitative estimate of drug-likeness (QED) is 0.322. The number of ether oxygens (including phenoxy) is 1. The average Bonchev–Trinajstić information content (AvgIpc) is 2.83. The van der Waals surface area contributed by atoms with E-state index in [2.05, 4.69) is 5.32 Å². The molecular formula is C27H29F3N2O5S. The van der Waals surface area contributed by atoms with Crippen LogP contribution in [0.5, 0.6) is 11.5 Å². The molecule has 0 unspecified atom stereocenters. The number of halogens is 3. The third kappa shape index (κ3) is 6.97. The second-order valence-corrected chi connectivity index (χ2v) is 10.6. The maximum Gasteiger partial charge on any atom is 0.416 e. The minimum atomic E-state index is -4.72. The third-order valence-corrected chi connectivity index (χ3v) is 6.97. The van der Waals surface area contributed by atoms with E-state index in [1.807, 2.05) is 45.9 Å². The number of anilines is 1. The number of hydrogen-bond donors (Lipinski definition) is 1. The third-order valence-electron chi connectivity index (χ3n) is 5.74. The van der Waals surface area contributed by atoms with Gasteiger partial charge in [0, 0.05) is 18.3 Å². The number of urea groups is 1. The van der Waals surface area contributed by atoms with Gasteiger partial charge in [-0.3, -0.25) is 0 Å². The minimum absolute atomic E-state index is 0.0557. The van der Waals surface area contributed by atoms with E-state index in [9.17, 15) is 26.4 Å². The number of nitrogens with zero attached hydrogens (tertiary/aromatic N) is 1. The summed E-state index contributed by atoms with van der Waals surface area (Å²) < 4.78 is 75.4. The molecular weight excluding hydrogens is 521 g/mol. The second-order valence-electron chi connectivity index (χ2n) is 9.02. The van der Waals surface area contributed by atoms with Gasteiger partial charge < -0.3 is 19.1 Å². The highest BCUT2D eigenvalue weighted by Gasteiger charge is 2.32. The van der Waals surface area contributed by atoms with E-state index in [1.54, 1.807) is 11.0 Å². The van der Waals surface area contributed by atoms with Gasteiger partial charge in [0.2, 0.25) is 0 Å². The molecule has 0 saturated carbocycles. The normalized spacial score (nSPS) is 11.8. The van der Waals surface area contributed by atoms with E-state index in [-0.39, 0.29) is 30.1 Å². The summed E-state index contributed by atoms with van der Waals surface area (Å²) in [4.78, 5) is 14.0. The van der Waals surface area contributed by atoms with Crippen molar-refractivity contribution in [3.8, 4) is 11.5 Å². The monoisotopic (exact) mass is 550 g/mol. The Labute approximate surface area is 220 Å². The Balaban J connectivity index is 1.87. The van der Waals surface area contributed by atoms with Crippen LogP contribution in [0.4, 0.5) is 23.7 Å². The zero-order valence-electron chi connectivity index (χ0n) is 21.6. The fraction of sp³-hybridized carbons (Fsp3) is 0.296. The Bertz CT molecular complexity index is 1420. The largest absolute Gasteiger partial charge is 0.493 e. The van der Waals surface area contributed by atoms with E-state index in [0.717, 1.165) is 29.3 Å². The predicted octanol–water partition coefficient (Wildman–Crippen LogP) is 6.54. The van der Waals surface area contributed by atoms with Gasteiger partial charge in [-0.25, -0.2) is 4.79 Å². The standard InChI is InChI=1S/C27H29F3N2O5S/c1-17(2)32(26(33)31-23-11-9-18(3)13-19(23)4)16-20-10-12-24(36-5)25(14-20)37-38(34,35)22-8-6-7-21(15-22)27(28,29)30/h6-15,17H,16H2,1-5H3,(H,31,33). The van der Waals surface area contributed by atoms with Crippen LogP contribution in [0.15, 0.2) is 65.6 Å². The van der Waals surface area contributed by atoms with Crippen molar-refractivity contribution in [2.75, 3.05) is 12.4 Å². The van der Waals surface area contributed by atoms with Gasteiger partial charge in [0.05, 0.1) is 12.7 Å². The Morgan fingerprint density at radius 2 is 1.71 bits per heavy atom. The molecule has 11 heteroatoms. The van der Waals surface area contributed by atoms with Crippen LogP contribution in [0, 0.1) is 13.8 Å². The van der Waals surface area contributed by atoms with E-state index >= 15 is 0 Å². The van der Waals surface area contributed by atoms with Crippen LogP contribution < -0.4 is 14.2 Å². The fourth-order valence-electron chi connectivity index (χ4n) is 3.71. The first-order valence-corrected chi connectivity index (χ1v) is 13.1. The number of alkyl halides is 3. The highest BCUT2D eigenvalue weighted by Crippen LogP contribution is 2.34. The Morgan fingerprint density at radius 3 is 2.32 bits per heavy atom. The van der Waals surface area contributed by atoms with Crippen LogP contribution in [0.3, 0.4) is 0 Å². The fourth-order valence-corrected chi connectivity index (χ4v) is 4.68. The molecule has 0 heterocycles. The lowest BCUT2D eigenvalue weighted by molar-refractivity contribution is -0.137. The van der Waals surface area contributed by atoms with E-state index in [1.165, 1.54) is 19.2 Å². The number of carbonyl (C=O) groups is 1. The van der Waals surface area contributed by atoms with Crippen LogP contribution >= 0.6 is 0 Å². The van der Waals surface area contributed by atoms with Gasteiger partial charge in [-0.1, -0.05) is 29.8 Å². The molecule has 0 aromatic heterocycles. The first-order chi connectivity index (χ1) is 17.7. The number of aryl methyl sites for hydroxylation is 2. The van der Waals surface area contributed by atoms with Crippen molar-refractivity contribution < 1.29 is 35.3 Å². The van der Waals surface area contributed by atoms with Crippen LogP contribution in [-0.2, 0) is 22.8 Å². The summed E-state index contributed by atoms with van der Waals surface area (Å²) in [5.41, 5.74) is 2.03. The zero-order chi connectivity index (χ0) is 28.3. The van der Waals surface area contributed by atoms with Crippen molar-refractivity contribution >= 4 is 21.8 Å². The number of hydrogen-bond acceptors (Lipinski definition) is 5. The van der Waals surface area contributed by atoms with Crippen molar-refractivity contribution in [2.24, 2.45) is 0 Å². The first-order valence-electron chi connectivity index (χ1n) is 11.6. The lowest BCUT2D eigenvalue weighted by Crippen LogP contribution is -2.39. The van der Waals surface area contributed by atoms with Gasteiger partial charge in [-0.15, -0.1) is 0 Å². The number of benzene rings is 3. The van der Waals surface area contributed by atoms with E-state index < -0.39 is 26.8 Å². The molecule has 7 nitrogen and oxygen atoms in total. The Morgan fingerprint density at radius 1 is 1.00 bits per heavy atom. The highest BCUT2D eigenvalue weighted by molar-refractivity contribution is 7.87. The SMILES string of the molecule is COc1ccc(CN(C(=O)Nc2ccc(C)cc2C)C(C)C)cc1OS(=O)(=O)c1cccc(C(F)(F)F)c1.